The zero-order chi connectivity index (χ0) is 25.0. The predicted molar refractivity (Wildman–Crippen MR) is 135 cm³/mol. The summed E-state index contributed by atoms with van der Waals surface area (Å²) in [6.45, 7) is 9.10. The number of carboxylic acids is 1. The predicted octanol–water partition coefficient (Wildman–Crippen LogP) is 4.75. The number of benzene rings is 2. The third kappa shape index (κ3) is 5.36. The summed E-state index contributed by atoms with van der Waals surface area (Å²) in [5.74, 6) is 0.0764. The highest BCUT2D eigenvalue weighted by Crippen LogP contribution is 2.34. The molecule has 0 radical (unpaired) electrons. The van der Waals surface area contributed by atoms with Gasteiger partial charge in [0.15, 0.2) is 17.6 Å². The van der Waals surface area contributed by atoms with Crippen LogP contribution < -0.4 is 15.0 Å². The van der Waals surface area contributed by atoms with E-state index in [1.165, 1.54) is 24.9 Å². The number of ether oxygens (including phenoxy) is 2. The summed E-state index contributed by atoms with van der Waals surface area (Å²) < 4.78 is 13.2. The van der Waals surface area contributed by atoms with E-state index in [-0.39, 0.29) is 11.5 Å². The number of carboxylic acid groups (broad SMARTS) is 1. The van der Waals surface area contributed by atoms with Crippen LogP contribution in [0.15, 0.2) is 57.4 Å². The van der Waals surface area contributed by atoms with Crippen LogP contribution in [0.4, 0.5) is 0 Å². The molecule has 0 saturated heterocycles. The van der Waals surface area contributed by atoms with E-state index in [2.05, 4.69) is 32.6 Å². The normalized spacial score (nSPS) is 12.3. The molecule has 0 aliphatic heterocycles. The Hall–Kier alpha value is -3.46. The lowest BCUT2D eigenvalue weighted by atomic mass is 10.1. The average molecular weight is 528 g/mol. The molecule has 0 fully saturated rings. The first-order valence-corrected chi connectivity index (χ1v) is 11.4. The molecule has 0 unspecified atom stereocenters. The lowest BCUT2D eigenvalue weighted by molar-refractivity contribution is -0.144. The van der Waals surface area contributed by atoms with Crippen molar-refractivity contribution in [2.75, 3.05) is 7.11 Å². The second kappa shape index (κ2) is 10.6. The molecule has 1 atom stereocenters. The van der Waals surface area contributed by atoms with E-state index < -0.39 is 12.1 Å². The largest absolute Gasteiger partial charge is 0.493 e. The number of allylic oxidation sites excluding steroid dienone is 1. The van der Waals surface area contributed by atoms with Crippen molar-refractivity contribution < 1.29 is 19.4 Å². The Balaban J connectivity index is 2.13. The zero-order valence-corrected chi connectivity index (χ0v) is 21.0. The summed E-state index contributed by atoms with van der Waals surface area (Å²) in [6.07, 6.45) is 2.58. The Kier molecular flexibility index (Phi) is 7.88. The number of carbonyl (C=O) groups is 1. The molecule has 0 bridgehead atoms. The molecule has 34 heavy (non-hydrogen) atoms. The van der Waals surface area contributed by atoms with E-state index in [0.29, 0.717) is 45.8 Å². The Labute approximate surface area is 205 Å². The van der Waals surface area contributed by atoms with Crippen LogP contribution in [0.2, 0.25) is 0 Å². The SMILES string of the molecule is C=CCc1cc(C=Nn2c(C(C)C)nc3ccc(Br)cc3c2=O)cc(OC)c1O[C@H](C)C(=O)O. The molecule has 2 aromatic carbocycles. The molecule has 3 aromatic rings. The summed E-state index contributed by atoms with van der Waals surface area (Å²) in [5, 5.41) is 14.1. The minimum Gasteiger partial charge on any atom is -0.493 e. The van der Waals surface area contributed by atoms with Gasteiger partial charge in [0.2, 0.25) is 0 Å². The second-order valence-electron chi connectivity index (χ2n) is 7.95. The first kappa shape index (κ1) is 25.2. The molecule has 1 aromatic heterocycles. The standard InChI is InChI=1S/C25H26BrN3O5/c1-6-7-17-10-16(11-21(33-5)22(17)34-15(4)25(31)32)13-27-29-23(14(2)3)28-20-9-8-18(26)12-19(20)24(29)30/h6,8-15H,1,7H2,2-5H3,(H,31,32)/t15-/m1/s1. The number of hydrogen-bond donors (Lipinski definition) is 1. The van der Waals surface area contributed by atoms with Crippen molar-refractivity contribution in [2.24, 2.45) is 5.10 Å². The topological polar surface area (TPSA) is 103 Å². The van der Waals surface area contributed by atoms with Crippen LogP contribution >= 0.6 is 15.9 Å². The quantitative estimate of drug-likeness (QED) is 0.318. The van der Waals surface area contributed by atoms with Gasteiger partial charge in [0.05, 0.1) is 24.2 Å². The monoisotopic (exact) mass is 527 g/mol. The maximum atomic E-state index is 13.2. The number of halogens is 1. The molecular formula is C25H26BrN3O5. The Morgan fingerprint density at radius 1 is 1.29 bits per heavy atom. The maximum Gasteiger partial charge on any atom is 0.344 e. The third-order valence-corrected chi connectivity index (χ3v) is 5.55. The van der Waals surface area contributed by atoms with Crippen LogP contribution in [0.1, 0.15) is 43.6 Å². The van der Waals surface area contributed by atoms with Gasteiger partial charge in [-0.25, -0.2) is 9.78 Å². The molecule has 1 heterocycles. The number of hydrogen-bond acceptors (Lipinski definition) is 6. The van der Waals surface area contributed by atoms with E-state index in [1.54, 1.807) is 30.3 Å². The molecule has 0 amide bonds. The van der Waals surface area contributed by atoms with Crippen molar-refractivity contribution >= 4 is 39.0 Å². The zero-order valence-electron chi connectivity index (χ0n) is 19.4. The van der Waals surface area contributed by atoms with E-state index >= 15 is 0 Å². The van der Waals surface area contributed by atoms with Gasteiger partial charge in [0.1, 0.15) is 5.82 Å². The van der Waals surface area contributed by atoms with Gasteiger partial charge in [-0.2, -0.15) is 9.78 Å². The average Bonchev–Trinajstić information content (AvgIpc) is 2.79. The number of methoxy groups -OCH3 is 1. The van der Waals surface area contributed by atoms with Gasteiger partial charge in [-0.1, -0.05) is 35.9 Å². The van der Waals surface area contributed by atoms with Crippen LogP contribution in [-0.2, 0) is 11.2 Å². The first-order valence-electron chi connectivity index (χ1n) is 10.6. The van der Waals surface area contributed by atoms with E-state index in [4.69, 9.17) is 9.47 Å². The molecule has 8 nitrogen and oxygen atoms in total. The summed E-state index contributed by atoms with van der Waals surface area (Å²) in [6, 6.07) is 8.83. The van der Waals surface area contributed by atoms with Gasteiger partial charge in [-0.15, -0.1) is 6.58 Å². The van der Waals surface area contributed by atoms with E-state index in [1.807, 2.05) is 19.9 Å². The fourth-order valence-corrected chi connectivity index (χ4v) is 3.71. The van der Waals surface area contributed by atoms with Crippen molar-refractivity contribution in [1.82, 2.24) is 9.66 Å². The summed E-state index contributed by atoms with van der Waals surface area (Å²) in [5.41, 5.74) is 1.65. The molecule has 1 N–H and O–H groups in total. The highest BCUT2D eigenvalue weighted by atomic mass is 79.9. The van der Waals surface area contributed by atoms with Gasteiger partial charge in [0.25, 0.3) is 5.56 Å². The van der Waals surface area contributed by atoms with Gasteiger partial charge in [-0.3, -0.25) is 4.79 Å². The summed E-state index contributed by atoms with van der Waals surface area (Å²) >= 11 is 3.40. The molecule has 178 valence electrons. The highest BCUT2D eigenvalue weighted by molar-refractivity contribution is 9.10. The lowest BCUT2D eigenvalue weighted by Gasteiger charge is -2.18. The third-order valence-electron chi connectivity index (χ3n) is 5.05. The molecule has 9 heteroatoms. The van der Waals surface area contributed by atoms with Crippen molar-refractivity contribution in [3.63, 3.8) is 0 Å². The van der Waals surface area contributed by atoms with E-state index in [0.717, 1.165) is 4.47 Å². The van der Waals surface area contributed by atoms with Crippen LogP contribution in [0.25, 0.3) is 10.9 Å². The van der Waals surface area contributed by atoms with Gasteiger partial charge < -0.3 is 14.6 Å². The van der Waals surface area contributed by atoms with Crippen molar-refractivity contribution in [1.29, 1.82) is 0 Å². The molecule has 0 aliphatic rings. The molecule has 0 aliphatic carbocycles. The lowest BCUT2D eigenvalue weighted by Crippen LogP contribution is -2.24. The van der Waals surface area contributed by atoms with Crippen LogP contribution in [0.5, 0.6) is 11.5 Å². The molecular weight excluding hydrogens is 502 g/mol. The Morgan fingerprint density at radius 3 is 2.65 bits per heavy atom. The molecule has 0 spiro atoms. The van der Waals surface area contributed by atoms with Crippen molar-refractivity contribution in [3.05, 3.63) is 74.8 Å². The number of rotatable bonds is 9. The minimum atomic E-state index is -1.09. The smallest absolute Gasteiger partial charge is 0.344 e. The van der Waals surface area contributed by atoms with Gasteiger partial charge in [-0.05, 0) is 49.2 Å². The number of fused-ring (bicyclic) bond motifs is 1. The molecule has 0 saturated carbocycles. The molecule has 3 rings (SSSR count). The van der Waals surface area contributed by atoms with Gasteiger partial charge in [0, 0.05) is 16.0 Å². The maximum absolute atomic E-state index is 13.2. The van der Waals surface area contributed by atoms with Crippen LogP contribution in [0, 0.1) is 0 Å². The number of aromatic nitrogens is 2. The number of aliphatic carboxylic acids is 1. The highest BCUT2D eigenvalue weighted by Gasteiger charge is 2.19. The van der Waals surface area contributed by atoms with Crippen molar-refractivity contribution in [3.8, 4) is 11.5 Å². The first-order chi connectivity index (χ1) is 16.2. The van der Waals surface area contributed by atoms with Crippen LogP contribution in [-0.4, -0.2) is 40.2 Å². The second-order valence-corrected chi connectivity index (χ2v) is 8.87. The van der Waals surface area contributed by atoms with E-state index in [9.17, 15) is 14.7 Å². The van der Waals surface area contributed by atoms with Gasteiger partial charge >= 0.3 is 5.97 Å². The van der Waals surface area contributed by atoms with Crippen molar-refractivity contribution in [2.45, 2.75) is 39.2 Å². The summed E-state index contributed by atoms with van der Waals surface area (Å²) in [7, 11) is 1.47. The Bertz CT molecular complexity index is 1330. The minimum absolute atomic E-state index is 0.0444. The van der Waals surface area contributed by atoms with Crippen LogP contribution in [0.3, 0.4) is 0 Å². The summed E-state index contributed by atoms with van der Waals surface area (Å²) in [4.78, 5) is 29.2. The number of nitrogens with zero attached hydrogens (tertiary/aromatic N) is 3. The fourth-order valence-electron chi connectivity index (χ4n) is 3.35. The Morgan fingerprint density at radius 2 is 2.03 bits per heavy atom. The fraction of sp³-hybridized carbons (Fsp3) is 0.280.